The predicted molar refractivity (Wildman–Crippen MR) is 68.3 cm³/mol. The molecule has 1 unspecified atom stereocenters. The summed E-state index contributed by atoms with van der Waals surface area (Å²) in [6.07, 6.45) is 4.90. The molecule has 1 heterocycles. The molecule has 1 aromatic heterocycles. The van der Waals surface area contributed by atoms with Gasteiger partial charge in [-0.2, -0.15) is 4.39 Å². The van der Waals surface area contributed by atoms with Gasteiger partial charge in [0.05, 0.1) is 11.3 Å². The first-order valence-electron chi connectivity index (χ1n) is 5.83. The highest BCUT2D eigenvalue weighted by Gasteiger charge is 2.23. The Balaban J connectivity index is 2.21. The van der Waals surface area contributed by atoms with E-state index in [1.807, 2.05) is 0 Å². The van der Waals surface area contributed by atoms with Crippen LogP contribution >= 0.6 is 0 Å². The lowest BCUT2D eigenvalue weighted by atomic mass is 10.2. The number of hydrogen-bond donors (Lipinski definition) is 1. The summed E-state index contributed by atoms with van der Waals surface area (Å²) in [4.78, 5) is 13.8. The van der Waals surface area contributed by atoms with Crippen molar-refractivity contribution < 1.29 is 13.7 Å². The zero-order valence-electron chi connectivity index (χ0n) is 10.6. The van der Waals surface area contributed by atoms with Gasteiger partial charge in [-0.1, -0.05) is 0 Å². The standard InChI is InChI=1S/C12H12F2N4O2/c1-8(6-17-3-2-15-7-17)16-11-5-9(13)4-10(14)12(11)18(19)20/h2-5,7-8,16H,6H2,1H3. The van der Waals surface area contributed by atoms with Crippen LogP contribution in [0.15, 0.2) is 30.9 Å². The van der Waals surface area contributed by atoms with E-state index in [4.69, 9.17) is 0 Å². The van der Waals surface area contributed by atoms with Crippen LogP contribution < -0.4 is 5.32 Å². The van der Waals surface area contributed by atoms with Crippen LogP contribution in [0, 0.1) is 21.7 Å². The van der Waals surface area contributed by atoms with E-state index >= 15 is 0 Å². The molecule has 1 aromatic carbocycles. The number of nitro groups is 1. The molecule has 2 rings (SSSR count). The first-order chi connectivity index (χ1) is 9.47. The second-order valence-electron chi connectivity index (χ2n) is 4.35. The van der Waals surface area contributed by atoms with Gasteiger partial charge in [-0.15, -0.1) is 0 Å². The highest BCUT2D eigenvalue weighted by Crippen LogP contribution is 2.29. The highest BCUT2D eigenvalue weighted by molar-refractivity contribution is 5.62. The molecule has 2 aromatic rings. The minimum absolute atomic E-state index is 0.180. The monoisotopic (exact) mass is 282 g/mol. The molecular weight excluding hydrogens is 270 g/mol. The van der Waals surface area contributed by atoms with E-state index in [1.165, 1.54) is 0 Å². The molecule has 20 heavy (non-hydrogen) atoms. The number of halogens is 2. The molecule has 106 valence electrons. The van der Waals surface area contributed by atoms with E-state index in [1.54, 1.807) is 30.2 Å². The smallest absolute Gasteiger partial charge is 0.327 e. The molecule has 8 heteroatoms. The van der Waals surface area contributed by atoms with E-state index in [9.17, 15) is 18.9 Å². The van der Waals surface area contributed by atoms with Crippen LogP contribution in [0.1, 0.15) is 6.92 Å². The molecule has 0 aliphatic rings. The minimum Gasteiger partial charge on any atom is -0.375 e. The molecule has 1 N–H and O–H groups in total. The van der Waals surface area contributed by atoms with Gasteiger partial charge in [-0.25, -0.2) is 9.37 Å². The molecule has 0 saturated carbocycles. The van der Waals surface area contributed by atoms with Crippen molar-refractivity contribution in [3.63, 3.8) is 0 Å². The molecule has 1 atom stereocenters. The lowest BCUT2D eigenvalue weighted by Gasteiger charge is -2.16. The number of benzene rings is 1. The highest BCUT2D eigenvalue weighted by atomic mass is 19.1. The molecule has 0 spiro atoms. The predicted octanol–water partition coefficient (Wildman–Crippen LogP) is 2.57. The number of hydrogen-bond acceptors (Lipinski definition) is 4. The molecule has 0 saturated heterocycles. The molecule has 0 aliphatic heterocycles. The molecule has 0 fully saturated rings. The Morgan fingerprint density at radius 3 is 2.85 bits per heavy atom. The van der Waals surface area contributed by atoms with E-state index in [0.29, 0.717) is 12.6 Å². The van der Waals surface area contributed by atoms with Crippen molar-refractivity contribution in [2.75, 3.05) is 5.32 Å². The fraction of sp³-hybridized carbons (Fsp3) is 0.250. The summed E-state index contributed by atoms with van der Waals surface area (Å²) in [6, 6.07) is 1.12. The summed E-state index contributed by atoms with van der Waals surface area (Å²) >= 11 is 0. The molecular formula is C12H12F2N4O2. The quantitative estimate of drug-likeness (QED) is 0.675. The van der Waals surface area contributed by atoms with Crippen molar-refractivity contribution in [3.8, 4) is 0 Å². The molecule has 6 nitrogen and oxygen atoms in total. The summed E-state index contributed by atoms with van der Waals surface area (Å²) in [5, 5.41) is 13.6. The Kier molecular flexibility index (Phi) is 3.92. The van der Waals surface area contributed by atoms with Gasteiger partial charge in [-0.05, 0) is 6.92 Å². The maximum atomic E-state index is 13.5. The van der Waals surface area contributed by atoms with Crippen LogP contribution in [0.2, 0.25) is 0 Å². The van der Waals surface area contributed by atoms with Crippen molar-refractivity contribution >= 4 is 11.4 Å². The summed E-state index contributed by atoms with van der Waals surface area (Å²) in [5.74, 6) is -2.07. The summed E-state index contributed by atoms with van der Waals surface area (Å²) in [5.41, 5.74) is -0.941. The molecule has 0 radical (unpaired) electrons. The van der Waals surface area contributed by atoms with E-state index in [2.05, 4.69) is 10.3 Å². The normalized spacial score (nSPS) is 12.2. The van der Waals surface area contributed by atoms with Crippen molar-refractivity contribution in [1.82, 2.24) is 9.55 Å². The van der Waals surface area contributed by atoms with Gasteiger partial charge in [0.25, 0.3) is 0 Å². The average molecular weight is 282 g/mol. The van der Waals surface area contributed by atoms with Gasteiger partial charge in [0.15, 0.2) is 0 Å². The number of anilines is 1. The third-order valence-electron chi connectivity index (χ3n) is 2.66. The first-order valence-corrected chi connectivity index (χ1v) is 5.83. The van der Waals surface area contributed by atoms with Crippen LogP contribution in [-0.2, 0) is 6.54 Å². The zero-order valence-corrected chi connectivity index (χ0v) is 10.6. The van der Waals surface area contributed by atoms with Crippen LogP contribution in [-0.4, -0.2) is 20.5 Å². The number of rotatable bonds is 5. The summed E-state index contributed by atoms with van der Waals surface area (Å²) in [6.45, 7) is 2.20. The SMILES string of the molecule is CC(Cn1ccnc1)Nc1cc(F)cc(F)c1[N+](=O)[O-]. The molecule has 0 aliphatic carbocycles. The van der Waals surface area contributed by atoms with Gasteiger partial charge < -0.3 is 9.88 Å². The summed E-state index contributed by atoms with van der Waals surface area (Å²) < 4.78 is 28.4. The Bertz CT molecular complexity index is 616. The van der Waals surface area contributed by atoms with Gasteiger partial charge >= 0.3 is 5.69 Å². The van der Waals surface area contributed by atoms with Crippen molar-refractivity contribution in [3.05, 3.63) is 52.6 Å². The number of nitro benzene ring substituents is 1. The number of aromatic nitrogens is 2. The lowest BCUT2D eigenvalue weighted by Crippen LogP contribution is -2.22. The third-order valence-corrected chi connectivity index (χ3v) is 2.66. The Morgan fingerprint density at radius 1 is 1.50 bits per heavy atom. The third kappa shape index (κ3) is 3.08. The van der Waals surface area contributed by atoms with E-state index in [0.717, 1.165) is 6.07 Å². The first kappa shape index (κ1) is 13.9. The average Bonchev–Trinajstić information content (AvgIpc) is 2.79. The summed E-state index contributed by atoms with van der Waals surface area (Å²) in [7, 11) is 0. The maximum Gasteiger partial charge on any atom is 0.327 e. The van der Waals surface area contributed by atoms with Crippen molar-refractivity contribution in [2.24, 2.45) is 0 Å². The van der Waals surface area contributed by atoms with Crippen LogP contribution in [0.3, 0.4) is 0 Å². The fourth-order valence-corrected chi connectivity index (χ4v) is 1.88. The Hall–Kier alpha value is -2.51. The van der Waals surface area contributed by atoms with Gasteiger partial charge in [0, 0.05) is 37.1 Å². The topological polar surface area (TPSA) is 73.0 Å². The second-order valence-corrected chi connectivity index (χ2v) is 4.35. The van der Waals surface area contributed by atoms with E-state index < -0.39 is 22.2 Å². The van der Waals surface area contributed by atoms with Crippen LogP contribution in [0.4, 0.5) is 20.2 Å². The largest absolute Gasteiger partial charge is 0.375 e. The molecule has 0 amide bonds. The van der Waals surface area contributed by atoms with Gasteiger partial charge in [0.2, 0.25) is 5.82 Å². The Labute approximate surface area is 113 Å². The van der Waals surface area contributed by atoms with Crippen molar-refractivity contribution in [2.45, 2.75) is 19.5 Å². The number of imidazole rings is 1. The maximum absolute atomic E-state index is 13.5. The minimum atomic E-state index is -1.20. The van der Waals surface area contributed by atoms with Crippen LogP contribution in [0.5, 0.6) is 0 Å². The van der Waals surface area contributed by atoms with E-state index in [-0.39, 0.29) is 11.7 Å². The molecule has 0 bridgehead atoms. The Morgan fingerprint density at radius 2 is 2.25 bits per heavy atom. The zero-order chi connectivity index (χ0) is 14.7. The van der Waals surface area contributed by atoms with Crippen molar-refractivity contribution in [1.29, 1.82) is 0 Å². The van der Waals surface area contributed by atoms with Crippen LogP contribution in [0.25, 0.3) is 0 Å². The fourth-order valence-electron chi connectivity index (χ4n) is 1.88. The lowest BCUT2D eigenvalue weighted by molar-refractivity contribution is -0.386. The second kappa shape index (κ2) is 5.64. The number of nitrogens with one attached hydrogen (secondary N) is 1. The number of nitrogens with zero attached hydrogens (tertiary/aromatic N) is 3. The van der Waals surface area contributed by atoms with Gasteiger partial charge in [-0.3, -0.25) is 10.1 Å². The van der Waals surface area contributed by atoms with Gasteiger partial charge in [0.1, 0.15) is 11.5 Å².